The molecule has 1 aromatic carbocycles. The van der Waals surface area contributed by atoms with E-state index in [4.69, 9.17) is 5.11 Å². The third kappa shape index (κ3) is 2.81. The minimum absolute atomic E-state index is 0.0354. The second-order valence-electron chi connectivity index (χ2n) is 3.01. The van der Waals surface area contributed by atoms with Crippen LogP contribution in [0.5, 0.6) is 0 Å². The Bertz CT molecular complexity index is 310. The van der Waals surface area contributed by atoms with E-state index in [1.54, 1.807) is 24.3 Å². The van der Waals surface area contributed by atoms with Crippen LogP contribution in [0.3, 0.4) is 0 Å². The number of hydrogen-bond acceptors (Lipinski definition) is 2. The molecule has 0 unspecified atom stereocenters. The van der Waals surface area contributed by atoms with E-state index in [-0.39, 0.29) is 18.3 Å². The van der Waals surface area contributed by atoms with Crippen molar-refractivity contribution >= 4 is 5.91 Å². The molecule has 0 saturated carbocycles. The second kappa shape index (κ2) is 4.72. The van der Waals surface area contributed by atoms with Gasteiger partial charge in [0.25, 0.3) is 0 Å². The van der Waals surface area contributed by atoms with Crippen LogP contribution in [0.1, 0.15) is 18.1 Å². The second-order valence-corrected chi connectivity index (χ2v) is 3.01. The molecule has 4 heteroatoms. The van der Waals surface area contributed by atoms with Gasteiger partial charge in [0, 0.05) is 6.92 Å². The molecule has 0 fully saturated rings. The Morgan fingerprint density at radius 1 is 1.36 bits per heavy atom. The zero-order chi connectivity index (χ0) is 10.6. The first-order valence-electron chi connectivity index (χ1n) is 4.26. The average Bonchev–Trinajstić information content (AvgIpc) is 2.19. The summed E-state index contributed by atoms with van der Waals surface area (Å²) < 4.78 is 12.8. The Labute approximate surface area is 81.7 Å². The molecule has 3 nitrogen and oxygen atoms in total. The minimum Gasteiger partial charge on any atom is -0.392 e. The van der Waals surface area contributed by atoms with Crippen LogP contribution >= 0.6 is 0 Å². The van der Waals surface area contributed by atoms with Crippen molar-refractivity contribution in [1.82, 2.24) is 5.12 Å². The van der Waals surface area contributed by atoms with Gasteiger partial charge in [-0.05, 0) is 11.1 Å². The van der Waals surface area contributed by atoms with Gasteiger partial charge in [-0.3, -0.25) is 4.79 Å². The van der Waals surface area contributed by atoms with Gasteiger partial charge in [-0.25, -0.2) is 0 Å². The first-order valence-corrected chi connectivity index (χ1v) is 4.26. The van der Waals surface area contributed by atoms with Gasteiger partial charge in [-0.2, -0.15) is 5.12 Å². The van der Waals surface area contributed by atoms with Gasteiger partial charge in [0.2, 0.25) is 5.91 Å². The number of benzene rings is 1. The number of carbonyl (C=O) groups is 1. The van der Waals surface area contributed by atoms with Crippen LogP contribution in [0.15, 0.2) is 24.3 Å². The van der Waals surface area contributed by atoms with E-state index in [0.29, 0.717) is 5.56 Å². The molecule has 76 valence electrons. The van der Waals surface area contributed by atoms with Gasteiger partial charge in [0.05, 0.1) is 13.2 Å². The molecule has 0 heterocycles. The number of amides is 1. The van der Waals surface area contributed by atoms with Crippen molar-refractivity contribution in [3.8, 4) is 0 Å². The molecule has 0 radical (unpaired) electrons. The molecule has 1 amide bonds. The lowest BCUT2D eigenvalue weighted by Gasteiger charge is -2.09. The van der Waals surface area contributed by atoms with Gasteiger partial charge in [-0.1, -0.05) is 28.7 Å². The molecule has 14 heavy (non-hydrogen) atoms. The number of carbonyl (C=O) groups excluding carboxylic acids is 1. The quantitative estimate of drug-likeness (QED) is 0.744. The number of aliphatic hydroxyl groups is 1. The lowest BCUT2D eigenvalue weighted by molar-refractivity contribution is -0.145. The Morgan fingerprint density at radius 2 is 1.86 bits per heavy atom. The Morgan fingerprint density at radius 3 is 2.29 bits per heavy atom. The smallest absolute Gasteiger partial charge is 0.247 e. The molecule has 1 N–H and O–H groups in total. The number of rotatable bonds is 3. The van der Waals surface area contributed by atoms with Crippen LogP contribution in [-0.4, -0.2) is 16.1 Å². The number of hydrogen-bond donors (Lipinski definition) is 1. The fourth-order valence-corrected chi connectivity index (χ4v) is 1.02. The van der Waals surface area contributed by atoms with Gasteiger partial charge in [0.15, 0.2) is 0 Å². The largest absolute Gasteiger partial charge is 0.392 e. The molecule has 1 rings (SSSR count). The van der Waals surface area contributed by atoms with Crippen molar-refractivity contribution in [2.24, 2.45) is 0 Å². The fourth-order valence-electron chi connectivity index (χ4n) is 1.02. The lowest BCUT2D eigenvalue weighted by Crippen LogP contribution is -2.18. The van der Waals surface area contributed by atoms with Gasteiger partial charge in [-0.15, -0.1) is 0 Å². The summed E-state index contributed by atoms with van der Waals surface area (Å²) >= 11 is 0. The van der Waals surface area contributed by atoms with Crippen molar-refractivity contribution < 1.29 is 14.4 Å². The topological polar surface area (TPSA) is 40.5 Å². The summed E-state index contributed by atoms with van der Waals surface area (Å²) in [7, 11) is 0. The Balaban J connectivity index is 2.64. The van der Waals surface area contributed by atoms with Crippen LogP contribution in [-0.2, 0) is 17.9 Å². The summed E-state index contributed by atoms with van der Waals surface area (Å²) in [6.45, 7) is 1.08. The first-order chi connectivity index (χ1) is 6.63. The van der Waals surface area contributed by atoms with Crippen LogP contribution in [0.25, 0.3) is 0 Å². The third-order valence-corrected chi connectivity index (χ3v) is 1.87. The third-order valence-electron chi connectivity index (χ3n) is 1.87. The van der Waals surface area contributed by atoms with Gasteiger partial charge < -0.3 is 5.11 Å². The monoisotopic (exact) mass is 197 g/mol. The molecule has 0 atom stereocenters. The molecular formula is C10H12FNO2. The van der Waals surface area contributed by atoms with Crippen molar-refractivity contribution in [3.63, 3.8) is 0 Å². The van der Waals surface area contributed by atoms with E-state index in [0.717, 1.165) is 5.56 Å². The predicted octanol–water partition coefficient (Wildman–Crippen LogP) is 1.41. The van der Waals surface area contributed by atoms with Crippen molar-refractivity contribution in [2.75, 3.05) is 0 Å². The van der Waals surface area contributed by atoms with Crippen LogP contribution in [0.2, 0.25) is 0 Å². The summed E-state index contributed by atoms with van der Waals surface area (Å²) in [6.07, 6.45) is 0. The van der Waals surface area contributed by atoms with E-state index >= 15 is 0 Å². The van der Waals surface area contributed by atoms with E-state index < -0.39 is 5.91 Å². The standard InChI is InChI=1S/C10H12FNO2/c1-8(14)12(11)6-9-2-4-10(7-13)5-3-9/h2-5,13H,6-7H2,1H3. The molecular weight excluding hydrogens is 185 g/mol. The molecule has 1 aromatic rings. The summed E-state index contributed by atoms with van der Waals surface area (Å²) in [6, 6.07) is 6.76. The summed E-state index contributed by atoms with van der Waals surface area (Å²) in [5, 5.41) is 8.91. The van der Waals surface area contributed by atoms with Gasteiger partial charge in [0.1, 0.15) is 0 Å². The maximum absolute atomic E-state index is 12.8. The van der Waals surface area contributed by atoms with Crippen LogP contribution in [0, 0.1) is 0 Å². The molecule has 0 aromatic heterocycles. The van der Waals surface area contributed by atoms with Crippen molar-refractivity contribution in [1.29, 1.82) is 0 Å². The lowest BCUT2D eigenvalue weighted by atomic mass is 10.1. The minimum atomic E-state index is -0.615. The molecule has 0 aliphatic heterocycles. The fraction of sp³-hybridized carbons (Fsp3) is 0.300. The highest BCUT2D eigenvalue weighted by molar-refractivity contribution is 5.71. The molecule has 0 spiro atoms. The normalized spacial score (nSPS) is 9.93. The maximum Gasteiger partial charge on any atom is 0.247 e. The maximum atomic E-state index is 12.8. The van der Waals surface area contributed by atoms with Crippen LogP contribution in [0.4, 0.5) is 4.48 Å². The van der Waals surface area contributed by atoms with E-state index in [9.17, 15) is 9.28 Å². The van der Waals surface area contributed by atoms with Crippen molar-refractivity contribution in [3.05, 3.63) is 35.4 Å². The highest BCUT2D eigenvalue weighted by Gasteiger charge is 2.06. The van der Waals surface area contributed by atoms with Crippen molar-refractivity contribution in [2.45, 2.75) is 20.1 Å². The highest BCUT2D eigenvalue weighted by Crippen LogP contribution is 2.08. The number of nitrogens with zero attached hydrogens (tertiary/aromatic N) is 1. The molecule has 0 saturated heterocycles. The summed E-state index contributed by atoms with van der Waals surface area (Å²) in [5.41, 5.74) is 1.46. The average molecular weight is 197 g/mol. The number of aliphatic hydroxyl groups excluding tert-OH is 1. The highest BCUT2D eigenvalue weighted by atomic mass is 19.2. The van der Waals surface area contributed by atoms with E-state index in [1.165, 1.54) is 6.92 Å². The molecule has 0 aliphatic carbocycles. The van der Waals surface area contributed by atoms with E-state index in [1.807, 2.05) is 0 Å². The molecule has 0 aliphatic rings. The van der Waals surface area contributed by atoms with Crippen LogP contribution < -0.4 is 0 Å². The SMILES string of the molecule is CC(=O)N(F)Cc1ccc(CO)cc1. The number of halogens is 1. The van der Waals surface area contributed by atoms with E-state index in [2.05, 4.69) is 0 Å². The zero-order valence-corrected chi connectivity index (χ0v) is 7.90. The van der Waals surface area contributed by atoms with Gasteiger partial charge >= 0.3 is 0 Å². The summed E-state index contributed by atoms with van der Waals surface area (Å²) in [5.74, 6) is -0.615. The molecule has 0 bridgehead atoms. The summed E-state index contributed by atoms with van der Waals surface area (Å²) in [4.78, 5) is 10.6. The first kappa shape index (κ1) is 10.7. The Hall–Kier alpha value is -1.42. The zero-order valence-electron chi connectivity index (χ0n) is 7.90. The Kier molecular flexibility index (Phi) is 3.59. The predicted molar refractivity (Wildman–Crippen MR) is 49.7 cm³/mol.